The lowest BCUT2D eigenvalue weighted by molar-refractivity contribution is 0.0690. The predicted octanol–water partition coefficient (Wildman–Crippen LogP) is 4.42. The number of rotatable bonds is 7. The first-order valence-electron chi connectivity index (χ1n) is 9.18. The summed E-state index contributed by atoms with van der Waals surface area (Å²) in [6.07, 6.45) is 0. The van der Waals surface area contributed by atoms with Crippen LogP contribution in [0.15, 0.2) is 53.4 Å². The van der Waals surface area contributed by atoms with Crippen molar-refractivity contribution in [2.75, 3.05) is 7.05 Å². The summed E-state index contributed by atoms with van der Waals surface area (Å²) in [5.74, 6) is -0.298. The highest BCUT2D eigenvalue weighted by molar-refractivity contribution is 7.89. The lowest BCUT2D eigenvalue weighted by atomic mass is 10.1. The maximum atomic E-state index is 13.2. The van der Waals surface area contributed by atoms with E-state index in [0.29, 0.717) is 6.54 Å². The first-order valence-corrected chi connectivity index (χ1v) is 11.0. The summed E-state index contributed by atoms with van der Waals surface area (Å²) in [5.41, 5.74) is 1.17. The Morgan fingerprint density at radius 3 is 2.14 bits per heavy atom. The zero-order valence-electron chi connectivity index (χ0n) is 16.9. The molecule has 0 N–H and O–H groups in total. The Labute approximate surface area is 173 Å². The van der Waals surface area contributed by atoms with Crippen molar-refractivity contribution in [3.05, 3.63) is 64.7 Å². The molecule has 28 heavy (non-hydrogen) atoms. The zero-order valence-corrected chi connectivity index (χ0v) is 18.5. The number of hydrogen-bond acceptors (Lipinski definition) is 3. The normalized spacial score (nSPS) is 12.0. The third kappa shape index (κ3) is 4.93. The quantitative estimate of drug-likeness (QED) is 0.663. The summed E-state index contributed by atoms with van der Waals surface area (Å²) in [7, 11) is -2.19. The molecule has 1 amide bonds. The van der Waals surface area contributed by atoms with Gasteiger partial charge in [-0.3, -0.25) is 4.79 Å². The van der Waals surface area contributed by atoms with E-state index in [1.165, 1.54) is 29.6 Å². The van der Waals surface area contributed by atoms with Crippen molar-refractivity contribution in [1.82, 2.24) is 9.21 Å². The molecule has 152 valence electrons. The Hall–Kier alpha value is -1.89. The van der Waals surface area contributed by atoms with Crippen molar-refractivity contribution in [2.45, 2.75) is 51.2 Å². The summed E-state index contributed by atoms with van der Waals surface area (Å²) in [5, 5.41) is 0.231. The van der Waals surface area contributed by atoms with Gasteiger partial charge in [0.25, 0.3) is 5.91 Å². The van der Waals surface area contributed by atoms with E-state index < -0.39 is 10.0 Å². The first-order chi connectivity index (χ1) is 13.1. The highest BCUT2D eigenvalue weighted by atomic mass is 35.5. The van der Waals surface area contributed by atoms with Gasteiger partial charge in [0.05, 0.1) is 15.5 Å². The van der Waals surface area contributed by atoms with Crippen molar-refractivity contribution in [3.8, 4) is 0 Å². The van der Waals surface area contributed by atoms with Crippen LogP contribution in [0.3, 0.4) is 0 Å². The van der Waals surface area contributed by atoms with E-state index in [4.69, 9.17) is 11.6 Å². The molecule has 0 atom stereocenters. The van der Waals surface area contributed by atoms with Gasteiger partial charge in [0.2, 0.25) is 10.0 Å². The second kappa shape index (κ2) is 9.07. The maximum absolute atomic E-state index is 13.2. The van der Waals surface area contributed by atoms with Gasteiger partial charge in [-0.05, 0) is 51.5 Å². The molecule has 0 aromatic heterocycles. The molecule has 0 unspecified atom stereocenters. The second-order valence-corrected chi connectivity index (χ2v) is 9.67. The molecule has 0 spiro atoms. The molecule has 0 aliphatic carbocycles. The van der Waals surface area contributed by atoms with Crippen molar-refractivity contribution in [1.29, 1.82) is 0 Å². The number of sulfonamides is 1. The first kappa shape index (κ1) is 22.4. The van der Waals surface area contributed by atoms with E-state index in [-0.39, 0.29) is 33.5 Å². The molecule has 0 aliphatic heterocycles. The van der Waals surface area contributed by atoms with Crippen LogP contribution in [0.25, 0.3) is 0 Å². The van der Waals surface area contributed by atoms with E-state index >= 15 is 0 Å². The SMILES string of the molecule is CC(C)N(Cc1ccccc1)C(=O)c1cc(S(=O)(=O)N(C)C(C)C)ccc1Cl. The molecule has 0 heterocycles. The molecule has 7 heteroatoms. The summed E-state index contributed by atoms with van der Waals surface area (Å²) in [4.78, 5) is 15.0. The van der Waals surface area contributed by atoms with Crippen LogP contribution in [0.1, 0.15) is 43.6 Å². The standard InChI is InChI=1S/C21H27ClN2O3S/c1-15(2)23(5)28(26,27)18-11-12-20(22)19(13-18)21(25)24(16(3)4)14-17-9-7-6-8-10-17/h6-13,15-16H,14H2,1-5H3. The number of halogens is 1. The van der Waals surface area contributed by atoms with E-state index in [9.17, 15) is 13.2 Å². The Balaban J connectivity index is 2.43. The third-order valence-electron chi connectivity index (χ3n) is 4.65. The van der Waals surface area contributed by atoms with Gasteiger partial charge in [-0.2, -0.15) is 4.31 Å². The molecular formula is C21H27ClN2O3S. The van der Waals surface area contributed by atoms with Crippen molar-refractivity contribution < 1.29 is 13.2 Å². The Kier molecular flexibility index (Phi) is 7.26. The molecule has 0 saturated carbocycles. The van der Waals surface area contributed by atoms with Crippen LogP contribution >= 0.6 is 11.6 Å². The fourth-order valence-electron chi connectivity index (χ4n) is 2.70. The average Bonchev–Trinajstić information content (AvgIpc) is 2.65. The second-order valence-electron chi connectivity index (χ2n) is 7.27. The van der Waals surface area contributed by atoms with Crippen molar-refractivity contribution in [2.24, 2.45) is 0 Å². The lowest BCUT2D eigenvalue weighted by Gasteiger charge is -2.28. The summed E-state index contributed by atoms with van der Waals surface area (Å²) in [6, 6.07) is 13.6. The smallest absolute Gasteiger partial charge is 0.255 e. The molecule has 0 saturated heterocycles. The Morgan fingerprint density at radius 2 is 1.61 bits per heavy atom. The van der Waals surface area contributed by atoms with Crippen LogP contribution in [-0.2, 0) is 16.6 Å². The van der Waals surface area contributed by atoms with Gasteiger partial charge in [0, 0.05) is 25.7 Å². The number of hydrogen-bond donors (Lipinski definition) is 0. The summed E-state index contributed by atoms with van der Waals surface area (Å²) >= 11 is 6.28. The molecule has 0 aliphatic rings. The van der Waals surface area contributed by atoms with Gasteiger partial charge in [-0.25, -0.2) is 8.42 Å². The van der Waals surface area contributed by atoms with E-state index in [1.807, 2.05) is 44.2 Å². The minimum absolute atomic E-state index is 0.0554. The highest BCUT2D eigenvalue weighted by Gasteiger charge is 2.27. The molecule has 5 nitrogen and oxygen atoms in total. The van der Waals surface area contributed by atoms with Crippen LogP contribution in [0.4, 0.5) is 0 Å². The molecule has 0 bridgehead atoms. The number of carbonyl (C=O) groups is 1. The van der Waals surface area contributed by atoms with Gasteiger partial charge < -0.3 is 4.90 Å². The monoisotopic (exact) mass is 422 g/mol. The topological polar surface area (TPSA) is 57.7 Å². The van der Waals surface area contributed by atoms with Crippen LogP contribution in [0.5, 0.6) is 0 Å². The van der Waals surface area contributed by atoms with E-state index in [0.717, 1.165) is 5.56 Å². The fraction of sp³-hybridized carbons (Fsp3) is 0.381. The van der Waals surface area contributed by atoms with Crippen LogP contribution in [-0.4, -0.2) is 42.7 Å². The minimum Gasteiger partial charge on any atom is -0.332 e. The molecule has 0 radical (unpaired) electrons. The largest absolute Gasteiger partial charge is 0.332 e. The molecule has 2 aromatic rings. The Bertz CT molecular complexity index is 928. The van der Waals surface area contributed by atoms with Gasteiger partial charge in [0.1, 0.15) is 0 Å². The summed E-state index contributed by atoms with van der Waals surface area (Å²) < 4.78 is 26.9. The van der Waals surface area contributed by atoms with Crippen molar-refractivity contribution in [3.63, 3.8) is 0 Å². The lowest BCUT2D eigenvalue weighted by Crippen LogP contribution is -2.37. The Morgan fingerprint density at radius 1 is 1.00 bits per heavy atom. The number of benzene rings is 2. The van der Waals surface area contributed by atoms with Gasteiger partial charge in [0.15, 0.2) is 0 Å². The summed E-state index contributed by atoms with van der Waals surface area (Å²) in [6.45, 7) is 7.83. The number of carbonyl (C=O) groups excluding carboxylic acids is 1. The van der Waals surface area contributed by atoms with Crippen LogP contribution < -0.4 is 0 Å². The molecule has 2 aromatic carbocycles. The third-order valence-corrected chi connectivity index (χ3v) is 7.01. The molecule has 0 fully saturated rings. The van der Waals surface area contributed by atoms with Crippen LogP contribution in [0.2, 0.25) is 5.02 Å². The van der Waals surface area contributed by atoms with Crippen LogP contribution in [0, 0.1) is 0 Å². The molecule has 2 rings (SSSR count). The average molecular weight is 423 g/mol. The number of nitrogens with zero attached hydrogens (tertiary/aromatic N) is 2. The fourth-order valence-corrected chi connectivity index (χ4v) is 4.29. The van der Waals surface area contributed by atoms with Gasteiger partial charge in [-0.1, -0.05) is 41.9 Å². The van der Waals surface area contributed by atoms with Crippen molar-refractivity contribution >= 4 is 27.5 Å². The van der Waals surface area contributed by atoms with E-state index in [2.05, 4.69) is 0 Å². The molecular weight excluding hydrogens is 396 g/mol. The number of amides is 1. The maximum Gasteiger partial charge on any atom is 0.255 e. The van der Waals surface area contributed by atoms with Gasteiger partial charge >= 0.3 is 0 Å². The minimum atomic E-state index is -3.71. The highest BCUT2D eigenvalue weighted by Crippen LogP contribution is 2.26. The van der Waals surface area contributed by atoms with E-state index in [1.54, 1.807) is 18.7 Å². The van der Waals surface area contributed by atoms with Gasteiger partial charge in [-0.15, -0.1) is 0 Å². The zero-order chi connectivity index (χ0) is 21.1. The predicted molar refractivity (Wildman–Crippen MR) is 113 cm³/mol.